The van der Waals surface area contributed by atoms with Crippen LogP contribution in [0.15, 0.2) is 76.1 Å². The first kappa shape index (κ1) is 27.3. The Morgan fingerprint density at radius 3 is 2.19 bits per heavy atom. The van der Waals surface area contributed by atoms with Crippen molar-refractivity contribution in [3.05, 3.63) is 76.8 Å². The lowest BCUT2D eigenvalue weighted by Gasteiger charge is -2.25. The fourth-order valence-corrected chi connectivity index (χ4v) is 5.23. The van der Waals surface area contributed by atoms with Gasteiger partial charge in [-0.05, 0) is 80.1 Å². The summed E-state index contributed by atoms with van der Waals surface area (Å²) < 4.78 is 45.1. The molecule has 0 aliphatic carbocycles. The second-order valence-electron chi connectivity index (χ2n) is 7.80. The smallest absolute Gasteiger partial charge is 0.264 e. The Labute approximate surface area is 220 Å². The second-order valence-corrected chi connectivity index (χ2v) is 10.6. The number of benzene rings is 3. The van der Waals surface area contributed by atoms with Gasteiger partial charge in [-0.1, -0.05) is 22.0 Å². The van der Waals surface area contributed by atoms with Crippen molar-refractivity contribution in [3.63, 3.8) is 0 Å². The summed E-state index contributed by atoms with van der Waals surface area (Å²) >= 11 is 3.32. The Hall–Kier alpha value is -3.24. The standard InChI is InChI=1S/C26H29BrN2O6S/c1-5-35-22-11-9-21(10-12-22)29(36(31,32)23-13-7-20(27)8-14-23)17-26(30)28-18(2)19-6-15-24(33-3)25(16-19)34-4/h6-16,18H,5,17H2,1-4H3,(H,28,30). The first-order chi connectivity index (χ1) is 17.2. The van der Waals surface area contributed by atoms with Crippen molar-refractivity contribution in [2.45, 2.75) is 24.8 Å². The summed E-state index contributed by atoms with van der Waals surface area (Å²) in [5, 5.41) is 2.88. The highest BCUT2D eigenvalue weighted by Crippen LogP contribution is 2.30. The normalized spacial score (nSPS) is 11.9. The SMILES string of the molecule is CCOc1ccc(N(CC(=O)NC(C)c2ccc(OC)c(OC)c2)S(=O)(=O)c2ccc(Br)cc2)cc1. The van der Waals surface area contributed by atoms with Crippen molar-refractivity contribution in [2.24, 2.45) is 0 Å². The summed E-state index contributed by atoms with van der Waals surface area (Å²) in [6, 6.07) is 17.8. The topological polar surface area (TPSA) is 94.2 Å². The zero-order valence-corrected chi connectivity index (χ0v) is 22.9. The molecule has 0 fully saturated rings. The number of amides is 1. The van der Waals surface area contributed by atoms with Crippen LogP contribution in [0.25, 0.3) is 0 Å². The van der Waals surface area contributed by atoms with Gasteiger partial charge in [-0.15, -0.1) is 0 Å². The van der Waals surface area contributed by atoms with Crippen LogP contribution in [0.1, 0.15) is 25.5 Å². The fraction of sp³-hybridized carbons (Fsp3) is 0.269. The fourth-order valence-electron chi connectivity index (χ4n) is 3.55. The average Bonchev–Trinajstić information content (AvgIpc) is 2.87. The van der Waals surface area contributed by atoms with Crippen LogP contribution in [0.2, 0.25) is 0 Å². The number of ether oxygens (including phenoxy) is 3. The molecule has 3 aromatic rings. The number of methoxy groups -OCH3 is 2. The van der Waals surface area contributed by atoms with Gasteiger partial charge in [0, 0.05) is 4.47 Å². The minimum absolute atomic E-state index is 0.0697. The van der Waals surface area contributed by atoms with Crippen molar-refractivity contribution in [1.29, 1.82) is 0 Å². The molecule has 192 valence electrons. The summed E-state index contributed by atoms with van der Waals surface area (Å²) in [5.74, 6) is 1.24. The molecule has 3 rings (SSSR count). The number of anilines is 1. The molecule has 0 saturated heterocycles. The van der Waals surface area contributed by atoms with Gasteiger partial charge in [-0.25, -0.2) is 8.42 Å². The lowest BCUT2D eigenvalue weighted by molar-refractivity contribution is -0.120. The van der Waals surface area contributed by atoms with Gasteiger partial charge in [-0.3, -0.25) is 9.10 Å². The molecule has 0 aliphatic heterocycles. The van der Waals surface area contributed by atoms with Gasteiger partial charge in [0.15, 0.2) is 11.5 Å². The lowest BCUT2D eigenvalue weighted by atomic mass is 10.1. The van der Waals surface area contributed by atoms with Gasteiger partial charge in [0.25, 0.3) is 10.0 Å². The van der Waals surface area contributed by atoms with Gasteiger partial charge in [0.1, 0.15) is 12.3 Å². The van der Waals surface area contributed by atoms with E-state index in [1.165, 1.54) is 19.2 Å². The van der Waals surface area contributed by atoms with Crippen LogP contribution >= 0.6 is 15.9 Å². The monoisotopic (exact) mass is 576 g/mol. The Kier molecular flexibility index (Phi) is 9.22. The molecule has 1 unspecified atom stereocenters. The molecule has 0 heterocycles. The largest absolute Gasteiger partial charge is 0.494 e. The van der Waals surface area contributed by atoms with E-state index in [9.17, 15) is 13.2 Å². The van der Waals surface area contributed by atoms with Crippen LogP contribution in [-0.2, 0) is 14.8 Å². The summed E-state index contributed by atoms with van der Waals surface area (Å²) in [6.07, 6.45) is 0. The maximum Gasteiger partial charge on any atom is 0.264 e. The molecule has 0 aliphatic rings. The van der Waals surface area contributed by atoms with Crippen LogP contribution in [-0.4, -0.2) is 41.7 Å². The number of carbonyl (C=O) groups is 1. The third-order valence-corrected chi connectivity index (χ3v) is 7.73. The van der Waals surface area contributed by atoms with Gasteiger partial charge in [0.2, 0.25) is 5.91 Å². The minimum atomic E-state index is -4.04. The Morgan fingerprint density at radius 2 is 1.61 bits per heavy atom. The molecule has 0 aromatic heterocycles. The molecule has 1 amide bonds. The number of hydrogen-bond acceptors (Lipinski definition) is 6. The third-order valence-electron chi connectivity index (χ3n) is 5.41. The van der Waals surface area contributed by atoms with E-state index in [-0.39, 0.29) is 4.90 Å². The zero-order chi connectivity index (χ0) is 26.3. The van der Waals surface area contributed by atoms with E-state index in [1.807, 2.05) is 19.9 Å². The van der Waals surface area contributed by atoms with Crippen molar-refractivity contribution in [1.82, 2.24) is 5.32 Å². The zero-order valence-electron chi connectivity index (χ0n) is 20.5. The summed E-state index contributed by atoms with van der Waals surface area (Å²) in [6.45, 7) is 3.74. The minimum Gasteiger partial charge on any atom is -0.494 e. The van der Waals surface area contributed by atoms with Crippen molar-refractivity contribution in [3.8, 4) is 17.2 Å². The predicted octanol–water partition coefficient (Wildman–Crippen LogP) is 4.94. The Balaban J connectivity index is 1.88. The van der Waals surface area contributed by atoms with E-state index < -0.39 is 28.5 Å². The molecule has 10 heteroatoms. The van der Waals surface area contributed by atoms with E-state index in [0.29, 0.717) is 29.5 Å². The molecule has 36 heavy (non-hydrogen) atoms. The van der Waals surface area contributed by atoms with Crippen molar-refractivity contribution in [2.75, 3.05) is 31.7 Å². The second kappa shape index (κ2) is 12.1. The van der Waals surface area contributed by atoms with Gasteiger partial charge in [0.05, 0.1) is 37.5 Å². The maximum atomic E-state index is 13.6. The number of sulfonamides is 1. The Bertz CT molecular complexity index is 1280. The van der Waals surface area contributed by atoms with Crippen molar-refractivity contribution < 1.29 is 27.4 Å². The summed E-state index contributed by atoms with van der Waals surface area (Å²) in [5.41, 5.74) is 1.12. The summed E-state index contributed by atoms with van der Waals surface area (Å²) in [4.78, 5) is 13.2. The molecule has 1 atom stereocenters. The molecular formula is C26H29BrN2O6S. The first-order valence-corrected chi connectivity index (χ1v) is 13.4. The van der Waals surface area contributed by atoms with Gasteiger partial charge in [-0.2, -0.15) is 0 Å². The molecular weight excluding hydrogens is 548 g/mol. The van der Waals surface area contributed by atoms with E-state index in [2.05, 4.69) is 21.2 Å². The molecule has 0 saturated carbocycles. The van der Waals surface area contributed by atoms with Crippen LogP contribution in [0, 0.1) is 0 Å². The lowest BCUT2D eigenvalue weighted by Crippen LogP contribution is -2.41. The van der Waals surface area contributed by atoms with E-state index in [1.54, 1.807) is 55.6 Å². The molecule has 8 nitrogen and oxygen atoms in total. The number of nitrogens with one attached hydrogen (secondary N) is 1. The molecule has 1 N–H and O–H groups in total. The molecule has 0 bridgehead atoms. The Morgan fingerprint density at radius 1 is 0.972 bits per heavy atom. The molecule has 0 spiro atoms. The molecule has 0 radical (unpaired) electrons. The van der Waals surface area contributed by atoms with Crippen molar-refractivity contribution >= 4 is 37.5 Å². The van der Waals surface area contributed by atoms with E-state index >= 15 is 0 Å². The highest BCUT2D eigenvalue weighted by molar-refractivity contribution is 9.10. The summed E-state index contributed by atoms with van der Waals surface area (Å²) in [7, 11) is -0.957. The van der Waals surface area contributed by atoms with Gasteiger partial charge < -0.3 is 19.5 Å². The maximum absolute atomic E-state index is 13.6. The van der Waals surface area contributed by atoms with E-state index in [4.69, 9.17) is 14.2 Å². The number of carbonyl (C=O) groups excluding carboxylic acids is 1. The van der Waals surface area contributed by atoms with Gasteiger partial charge >= 0.3 is 0 Å². The van der Waals surface area contributed by atoms with Crippen LogP contribution < -0.4 is 23.8 Å². The highest BCUT2D eigenvalue weighted by atomic mass is 79.9. The first-order valence-electron chi connectivity index (χ1n) is 11.2. The van der Waals surface area contributed by atoms with Crippen LogP contribution in [0.3, 0.4) is 0 Å². The van der Waals surface area contributed by atoms with Crippen LogP contribution in [0.5, 0.6) is 17.2 Å². The highest BCUT2D eigenvalue weighted by Gasteiger charge is 2.28. The number of hydrogen-bond donors (Lipinski definition) is 1. The number of rotatable bonds is 11. The number of nitrogens with zero attached hydrogens (tertiary/aromatic N) is 1. The quantitative estimate of drug-likeness (QED) is 0.347. The molecule has 3 aromatic carbocycles. The van der Waals surface area contributed by atoms with Crippen LogP contribution in [0.4, 0.5) is 5.69 Å². The predicted molar refractivity (Wildman–Crippen MR) is 142 cm³/mol. The third kappa shape index (κ3) is 6.50. The number of halogens is 1. The van der Waals surface area contributed by atoms with E-state index in [0.717, 1.165) is 14.3 Å². The average molecular weight is 577 g/mol.